The van der Waals surface area contributed by atoms with Crippen LogP contribution in [0.25, 0.3) is 0 Å². The Morgan fingerprint density at radius 1 is 1.19 bits per heavy atom. The first kappa shape index (κ1) is 18.7. The van der Waals surface area contributed by atoms with Crippen molar-refractivity contribution in [2.75, 3.05) is 13.1 Å². The fourth-order valence-electron chi connectivity index (χ4n) is 3.26. The van der Waals surface area contributed by atoms with Crippen molar-refractivity contribution in [1.82, 2.24) is 18.7 Å². The Morgan fingerprint density at radius 2 is 1.85 bits per heavy atom. The van der Waals surface area contributed by atoms with Crippen molar-refractivity contribution < 1.29 is 17.2 Å². The maximum absolute atomic E-state index is 13.4. The molecular weight excluding hydrogens is 366 g/mol. The third-order valence-electron chi connectivity index (χ3n) is 4.70. The van der Waals surface area contributed by atoms with Gasteiger partial charge in [-0.25, -0.2) is 26.7 Å². The van der Waals surface area contributed by atoms with E-state index >= 15 is 0 Å². The topological polar surface area (TPSA) is 77.2 Å². The summed E-state index contributed by atoms with van der Waals surface area (Å²) in [5, 5.41) is 4.28. The van der Waals surface area contributed by atoms with Crippen LogP contribution >= 0.6 is 0 Å². The van der Waals surface area contributed by atoms with E-state index in [1.165, 1.54) is 8.99 Å². The molecule has 1 fully saturated rings. The molecule has 0 saturated carbocycles. The van der Waals surface area contributed by atoms with Gasteiger partial charge in [-0.15, -0.1) is 0 Å². The lowest BCUT2D eigenvalue weighted by Gasteiger charge is -2.30. The van der Waals surface area contributed by atoms with Crippen LogP contribution in [-0.4, -0.2) is 40.2 Å². The van der Waals surface area contributed by atoms with Crippen LogP contribution in [0.2, 0.25) is 0 Å². The van der Waals surface area contributed by atoms with E-state index in [0.717, 1.165) is 12.1 Å². The fraction of sp³-hybridized carbons (Fsp3) is 0.500. The number of piperidine rings is 1. The number of aromatic nitrogens is 3. The van der Waals surface area contributed by atoms with E-state index in [-0.39, 0.29) is 29.6 Å². The Balaban J connectivity index is 1.79. The zero-order chi connectivity index (χ0) is 19.1. The lowest BCUT2D eigenvalue weighted by Crippen LogP contribution is -2.38. The van der Waals surface area contributed by atoms with Gasteiger partial charge in [0.1, 0.15) is 5.82 Å². The fourth-order valence-corrected chi connectivity index (χ4v) is 4.75. The van der Waals surface area contributed by atoms with Gasteiger partial charge >= 0.3 is 5.69 Å². The highest BCUT2D eigenvalue weighted by molar-refractivity contribution is 7.89. The smallest absolute Gasteiger partial charge is 0.279 e. The van der Waals surface area contributed by atoms with Gasteiger partial charge in [0.25, 0.3) is 0 Å². The van der Waals surface area contributed by atoms with E-state index in [0.29, 0.717) is 31.3 Å². The predicted octanol–water partition coefficient (Wildman–Crippen LogP) is 1.45. The Bertz CT molecular complexity index is 976. The predicted molar refractivity (Wildman–Crippen MR) is 90.2 cm³/mol. The Kier molecular flexibility index (Phi) is 4.98. The van der Waals surface area contributed by atoms with E-state index in [2.05, 4.69) is 5.10 Å². The van der Waals surface area contributed by atoms with E-state index < -0.39 is 21.7 Å². The van der Waals surface area contributed by atoms with Crippen LogP contribution in [0.15, 0.2) is 27.9 Å². The molecule has 2 heterocycles. The maximum Gasteiger partial charge on any atom is 0.345 e. The van der Waals surface area contributed by atoms with Gasteiger partial charge < -0.3 is 0 Å². The molecule has 1 aliphatic rings. The second-order valence-corrected chi connectivity index (χ2v) is 8.20. The molecule has 1 saturated heterocycles. The molecule has 0 spiro atoms. The van der Waals surface area contributed by atoms with Gasteiger partial charge in [-0.3, -0.25) is 4.57 Å². The average molecular weight is 386 g/mol. The first-order valence-corrected chi connectivity index (χ1v) is 9.78. The highest BCUT2D eigenvalue weighted by Crippen LogP contribution is 2.29. The molecular formula is C16H20F2N4O3S. The monoisotopic (exact) mass is 386 g/mol. The third kappa shape index (κ3) is 3.18. The van der Waals surface area contributed by atoms with Gasteiger partial charge in [0, 0.05) is 32.6 Å². The van der Waals surface area contributed by atoms with Crippen molar-refractivity contribution in [3.05, 3.63) is 46.1 Å². The van der Waals surface area contributed by atoms with Crippen LogP contribution in [0, 0.1) is 11.6 Å². The number of nitrogens with zero attached hydrogens (tertiary/aromatic N) is 4. The van der Waals surface area contributed by atoms with E-state index in [4.69, 9.17) is 0 Å². The summed E-state index contributed by atoms with van der Waals surface area (Å²) in [5.41, 5.74) is -0.195. The summed E-state index contributed by atoms with van der Waals surface area (Å²) < 4.78 is 55.8. The van der Waals surface area contributed by atoms with Crippen LogP contribution in [0.5, 0.6) is 0 Å². The molecule has 0 aliphatic carbocycles. The zero-order valence-electron chi connectivity index (χ0n) is 14.5. The molecule has 142 valence electrons. The number of hydrogen-bond acceptors (Lipinski definition) is 4. The quantitative estimate of drug-likeness (QED) is 0.797. The highest BCUT2D eigenvalue weighted by Gasteiger charge is 2.32. The molecule has 7 nitrogen and oxygen atoms in total. The van der Waals surface area contributed by atoms with Gasteiger partial charge in [0.2, 0.25) is 10.0 Å². The molecule has 0 radical (unpaired) electrons. The van der Waals surface area contributed by atoms with E-state index in [9.17, 15) is 22.0 Å². The second-order valence-electron chi connectivity index (χ2n) is 6.26. The van der Waals surface area contributed by atoms with Crippen LogP contribution in [0.1, 0.15) is 31.5 Å². The molecule has 0 N–H and O–H groups in total. The lowest BCUT2D eigenvalue weighted by atomic mass is 9.97. The Labute approximate surface area is 149 Å². The standard InChI is InChI=1S/C16H20F2N4O3S/c1-3-22-15(19-20(2)16(22)23)11-6-8-21(9-7-11)26(24,25)12-4-5-13(17)14(18)10-12/h4-5,10-11H,3,6-9H2,1-2H3. The van der Waals surface area contributed by atoms with Crippen LogP contribution in [-0.2, 0) is 23.6 Å². The number of halogens is 2. The zero-order valence-corrected chi connectivity index (χ0v) is 15.3. The van der Waals surface area contributed by atoms with E-state index in [1.807, 2.05) is 6.92 Å². The first-order valence-electron chi connectivity index (χ1n) is 8.34. The third-order valence-corrected chi connectivity index (χ3v) is 6.60. The molecule has 0 unspecified atom stereocenters. The van der Waals surface area contributed by atoms with Crippen LogP contribution in [0.3, 0.4) is 0 Å². The van der Waals surface area contributed by atoms with Crippen molar-refractivity contribution in [2.24, 2.45) is 7.05 Å². The summed E-state index contributed by atoms with van der Waals surface area (Å²) in [6, 6.07) is 2.57. The minimum Gasteiger partial charge on any atom is -0.279 e. The first-order chi connectivity index (χ1) is 12.3. The number of aryl methyl sites for hydroxylation is 1. The molecule has 10 heteroatoms. The minimum atomic E-state index is -3.89. The molecule has 3 rings (SSSR count). The summed E-state index contributed by atoms with van der Waals surface area (Å²) in [6.07, 6.45) is 0.999. The van der Waals surface area contributed by atoms with Crippen molar-refractivity contribution in [3.8, 4) is 0 Å². The molecule has 0 bridgehead atoms. The molecule has 26 heavy (non-hydrogen) atoms. The SMILES string of the molecule is CCn1c(C2CCN(S(=O)(=O)c3ccc(F)c(F)c3)CC2)nn(C)c1=O. The highest BCUT2D eigenvalue weighted by atomic mass is 32.2. The van der Waals surface area contributed by atoms with Crippen molar-refractivity contribution in [1.29, 1.82) is 0 Å². The Morgan fingerprint density at radius 3 is 2.42 bits per heavy atom. The van der Waals surface area contributed by atoms with Crippen LogP contribution < -0.4 is 5.69 Å². The normalized spacial score (nSPS) is 16.9. The summed E-state index contributed by atoms with van der Waals surface area (Å²) in [5.74, 6) is -1.65. The lowest BCUT2D eigenvalue weighted by molar-refractivity contribution is 0.308. The molecule has 1 aromatic heterocycles. The van der Waals surface area contributed by atoms with Gasteiger partial charge in [-0.05, 0) is 38.0 Å². The molecule has 0 atom stereocenters. The maximum atomic E-state index is 13.4. The van der Waals surface area contributed by atoms with E-state index in [1.54, 1.807) is 11.6 Å². The molecule has 2 aromatic rings. The number of sulfonamides is 1. The largest absolute Gasteiger partial charge is 0.345 e. The second kappa shape index (κ2) is 6.92. The van der Waals surface area contributed by atoms with Gasteiger partial charge in [0.15, 0.2) is 11.6 Å². The van der Waals surface area contributed by atoms with Gasteiger partial charge in [-0.1, -0.05) is 0 Å². The summed E-state index contributed by atoms with van der Waals surface area (Å²) in [6.45, 7) is 2.80. The number of rotatable bonds is 4. The summed E-state index contributed by atoms with van der Waals surface area (Å²) >= 11 is 0. The van der Waals surface area contributed by atoms with Gasteiger partial charge in [-0.2, -0.15) is 9.40 Å². The minimum absolute atomic E-state index is 0.0275. The number of hydrogen-bond donors (Lipinski definition) is 0. The van der Waals surface area contributed by atoms with Crippen LogP contribution in [0.4, 0.5) is 8.78 Å². The average Bonchev–Trinajstić information content (AvgIpc) is 2.91. The van der Waals surface area contributed by atoms with Crippen molar-refractivity contribution in [3.63, 3.8) is 0 Å². The van der Waals surface area contributed by atoms with Crippen molar-refractivity contribution >= 4 is 10.0 Å². The Hall–Kier alpha value is -2.07. The molecule has 1 aromatic carbocycles. The van der Waals surface area contributed by atoms with Gasteiger partial charge in [0.05, 0.1) is 4.90 Å². The number of benzene rings is 1. The molecule has 0 amide bonds. The van der Waals surface area contributed by atoms with Crippen molar-refractivity contribution in [2.45, 2.75) is 37.1 Å². The summed E-state index contributed by atoms with van der Waals surface area (Å²) in [7, 11) is -2.31. The molecule has 1 aliphatic heterocycles. The summed E-state index contributed by atoms with van der Waals surface area (Å²) in [4.78, 5) is 11.8.